The van der Waals surface area contributed by atoms with E-state index in [9.17, 15) is 4.79 Å². The van der Waals surface area contributed by atoms with Crippen molar-refractivity contribution in [1.29, 1.82) is 5.26 Å². The fourth-order valence-electron chi connectivity index (χ4n) is 2.17. The lowest BCUT2D eigenvalue weighted by Gasteiger charge is -2.11. The van der Waals surface area contributed by atoms with Crippen LogP contribution in [0, 0.1) is 11.3 Å². The lowest BCUT2D eigenvalue weighted by Crippen LogP contribution is -2.20. The minimum Gasteiger partial charge on any atom is -0.493 e. The third-order valence-corrected chi connectivity index (χ3v) is 3.31. The molecule has 0 fully saturated rings. The normalized spacial score (nSPS) is 11.5. The van der Waals surface area contributed by atoms with Crippen LogP contribution < -0.4 is 24.3 Å². The van der Waals surface area contributed by atoms with E-state index in [-0.39, 0.29) is 19.3 Å². The number of nitriles is 1. The van der Waals surface area contributed by atoms with Gasteiger partial charge in [0.15, 0.2) is 29.6 Å². The van der Waals surface area contributed by atoms with Crippen LogP contribution in [0.3, 0.4) is 0 Å². The number of rotatable bonds is 5. The zero-order chi connectivity index (χ0) is 16.9. The van der Waals surface area contributed by atoms with Crippen molar-refractivity contribution < 1.29 is 23.7 Å². The number of amides is 1. The molecule has 0 saturated heterocycles. The number of ether oxygens (including phenoxy) is 4. The van der Waals surface area contributed by atoms with E-state index in [2.05, 4.69) is 5.32 Å². The summed E-state index contributed by atoms with van der Waals surface area (Å²) in [6.45, 7) is -0.0228. The number of carbonyl (C=O) groups is 1. The van der Waals surface area contributed by atoms with Crippen molar-refractivity contribution in [3.05, 3.63) is 42.0 Å². The van der Waals surface area contributed by atoms with E-state index >= 15 is 0 Å². The van der Waals surface area contributed by atoms with E-state index in [0.717, 1.165) is 0 Å². The second kappa shape index (κ2) is 6.79. The fourth-order valence-corrected chi connectivity index (χ4v) is 2.17. The molecule has 0 bridgehead atoms. The molecule has 0 atom stereocenters. The molecule has 0 aromatic heterocycles. The molecule has 0 saturated carbocycles. The Morgan fingerprint density at radius 1 is 1.21 bits per heavy atom. The van der Waals surface area contributed by atoms with Gasteiger partial charge < -0.3 is 24.3 Å². The molecule has 1 heterocycles. The Balaban J connectivity index is 1.61. The first-order chi connectivity index (χ1) is 11.7. The van der Waals surface area contributed by atoms with Crippen LogP contribution in [-0.2, 0) is 4.79 Å². The van der Waals surface area contributed by atoms with Crippen LogP contribution in [0.4, 0.5) is 5.69 Å². The maximum absolute atomic E-state index is 12.0. The molecular weight excluding hydrogens is 312 g/mol. The lowest BCUT2D eigenvalue weighted by atomic mass is 10.2. The highest BCUT2D eigenvalue weighted by Crippen LogP contribution is 2.34. The first-order valence-corrected chi connectivity index (χ1v) is 7.10. The zero-order valence-corrected chi connectivity index (χ0v) is 12.9. The van der Waals surface area contributed by atoms with Gasteiger partial charge >= 0.3 is 0 Å². The third kappa shape index (κ3) is 3.33. The van der Waals surface area contributed by atoms with Crippen LogP contribution in [-0.4, -0.2) is 26.4 Å². The zero-order valence-electron chi connectivity index (χ0n) is 12.9. The quantitative estimate of drug-likeness (QED) is 0.907. The monoisotopic (exact) mass is 326 g/mol. The summed E-state index contributed by atoms with van der Waals surface area (Å²) in [5.41, 5.74) is 1.03. The number of carbonyl (C=O) groups excluding carboxylic acids is 1. The number of anilines is 1. The van der Waals surface area contributed by atoms with Gasteiger partial charge in [-0.25, -0.2) is 0 Å². The minimum atomic E-state index is -0.333. The van der Waals surface area contributed by atoms with Crippen molar-refractivity contribution in [1.82, 2.24) is 0 Å². The summed E-state index contributed by atoms with van der Waals surface area (Å²) in [5.74, 6) is 1.68. The Bertz CT molecular complexity index is 813. The molecule has 7 nitrogen and oxygen atoms in total. The third-order valence-electron chi connectivity index (χ3n) is 3.31. The van der Waals surface area contributed by atoms with Crippen molar-refractivity contribution in [2.45, 2.75) is 0 Å². The van der Waals surface area contributed by atoms with E-state index in [1.54, 1.807) is 36.4 Å². The molecule has 2 aromatic carbocycles. The number of fused-ring (bicyclic) bond motifs is 1. The minimum absolute atomic E-state index is 0.175. The highest BCUT2D eigenvalue weighted by Gasteiger charge is 2.14. The molecule has 2 aromatic rings. The Labute approximate surface area is 138 Å². The highest BCUT2D eigenvalue weighted by atomic mass is 16.7. The average molecular weight is 326 g/mol. The Kier molecular flexibility index (Phi) is 4.38. The standard InChI is InChI=1S/C17H14N2O5/c1-21-15-6-11(8-18)2-4-13(15)22-9-17(20)19-12-3-5-14-16(7-12)24-10-23-14/h2-7H,9-10H2,1H3,(H,19,20). The van der Waals surface area contributed by atoms with Gasteiger partial charge in [-0.1, -0.05) is 0 Å². The number of methoxy groups -OCH3 is 1. The van der Waals surface area contributed by atoms with Crippen LogP contribution in [0.5, 0.6) is 23.0 Å². The summed E-state index contributed by atoms with van der Waals surface area (Å²) < 4.78 is 21.1. The predicted octanol–water partition coefficient (Wildman–Crippen LogP) is 2.31. The van der Waals surface area contributed by atoms with E-state index in [1.807, 2.05) is 6.07 Å². The SMILES string of the molecule is COc1cc(C#N)ccc1OCC(=O)Nc1ccc2c(c1)OCO2. The number of hydrogen-bond donors (Lipinski definition) is 1. The van der Waals surface area contributed by atoms with Gasteiger partial charge in [0.1, 0.15) is 0 Å². The van der Waals surface area contributed by atoms with Crippen LogP contribution in [0.2, 0.25) is 0 Å². The number of nitrogens with one attached hydrogen (secondary N) is 1. The Morgan fingerprint density at radius 3 is 2.83 bits per heavy atom. The summed E-state index contributed by atoms with van der Waals surface area (Å²) in [4.78, 5) is 12.0. The first kappa shape index (κ1) is 15.5. The van der Waals surface area contributed by atoms with E-state index in [0.29, 0.717) is 34.2 Å². The van der Waals surface area contributed by atoms with Crippen LogP contribution in [0.1, 0.15) is 5.56 Å². The molecule has 1 aliphatic heterocycles. The topological polar surface area (TPSA) is 89.8 Å². The maximum Gasteiger partial charge on any atom is 0.262 e. The summed E-state index contributed by atoms with van der Waals surface area (Å²) in [7, 11) is 1.47. The second-order valence-corrected chi connectivity index (χ2v) is 4.88. The molecular formula is C17H14N2O5. The average Bonchev–Trinajstić information content (AvgIpc) is 3.07. The van der Waals surface area contributed by atoms with Gasteiger partial charge in [0.25, 0.3) is 5.91 Å². The number of benzene rings is 2. The predicted molar refractivity (Wildman–Crippen MR) is 84.4 cm³/mol. The Morgan fingerprint density at radius 2 is 2.04 bits per heavy atom. The molecule has 1 aliphatic rings. The summed E-state index contributed by atoms with van der Waals surface area (Å²) in [6.07, 6.45) is 0. The van der Waals surface area contributed by atoms with Gasteiger partial charge in [-0.3, -0.25) is 4.79 Å². The van der Waals surface area contributed by atoms with E-state index in [1.165, 1.54) is 7.11 Å². The number of hydrogen-bond acceptors (Lipinski definition) is 6. The first-order valence-electron chi connectivity index (χ1n) is 7.10. The summed E-state index contributed by atoms with van der Waals surface area (Å²) in [6, 6.07) is 11.9. The highest BCUT2D eigenvalue weighted by molar-refractivity contribution is 5.92. The summed E-state index contributed by atoms with van der Waals surface area (Å²) >= 11 is 0. The molecule has 0 unspecified atom stereocenters. The van der Waals surface area contributed by atoms with Gasteiger partial charge in [-0.15, -0.1) is 0 Å². The summed E-state index contributed by atoms with van der Waals surface area (Å²) in [5, 5.41) is 11.6. The molecule has 0 radical (unpaired) electrons. The molecule has 122 valence electrons. The number of nitrogens with zero attached hydrogens (tertiary/aromatic N) is 1. The van der Waals surface area contributed by atoms with Crippen molar-refractivity contribution in [3.8, 4) is 29.1 Å². The van der Waals surface area contributed by atoms with Gasteiger partial charge in [-0.05, 0) is 24.3 Å². The second-order valence-electron chi connectivity index (χ2n) is 4.88. The van der Waals surface area contributed by atoms with Crippen molar-refractivity contribution in [2.75, 3.05) is 25.8 Å². The van der Waals surface area contributed by atoms with Crippen LogP contribution >= 0.6 is 0 Å². The molecule has 1 amide bonds. The van der Waals surface area contributed by atoms with Crippen molar-refractivity contribution in [2.24, 2.45) is 0 Å². The van der Waals surface area contributed by atoms with E-state index < -0.39 is 0 Å². The maximum atomic E-state index is 12.0. The van der Waals surface area contributed by atoms with Crippen LogP contribution in [0.25, 0.3) is 0 Å². The smallest absolute Gasteiger partial charge is 0.262 e. The molecule has 3 rings (SSSR count). The van der Waals surface area contributed by atoms with E-state index in [4.69, 9.17) is 24.2 Å². The van der Waals surface area contributed by atoms with Gasteiger partial charge in [0, 0.05) is 17.8 Å². The van der Waals surface area contributed by atoms with Gasteiger partial charge in [0.2, 0.25) is 6.79 Å². The van der Waals surface area contributed by atoms with Gasteiger partial charge in [0.05, 0.1) is 18.7 Å². The largest absolute Gasteiger partial charge is 0.493 e. The molecule has 1 N–H and O–H groups in total. The van der Waals surface area contributed by atoms with Crippen molar-refractivity contribution >= 4 is 11.6 Å². The Hall–Kier alpha value is -3.40. The van der Waals surface area contributed by atoms with Gasteiger partial charge in [-0.2, -0.15) is 5.26 Å². The molecule has 24 heavy (non-hydrogen) atoms. The van der Waals surface area contributed by atoms with Crippen molar-refractivity contribution in [3.63, 3.8) is 0 Å². The molecule has 0 aliphatic carbocycles. The fraction of sp³-hybridized carbons (Fsp3) is 0.176. The molecule has 7 heteroatoms. The lowest BCUT2D eigenvalue weighted by molar-refractivity contribution is -0.118. The molecule has 0 spiro atoms. The van der Waals surface area contributed by atoms with Crippen LogP contribution in [0.15, 0.2) is 36.4 Å².